The van der Waals surface area contributed by atoms with Gasteiger partial charge in [0.15, 0.2) is 0 Å². The Hall–Kier alpha value is -1.70. The van der Waals surface area contributed by atoms with Crippen molar-refractivity contribution in [3.05, 3.63) is 32.5 Å². The molecule has 0 spiro atoms. The highest BCUT2D eigenvalue weighted by molar-refractivity contribution is 9.10. The first-order valence-electron chi connectivity index (χ1n) is 6.32. The average molecular weight is 363 g/mol. The fraction of sp³-hybridized carbons (Fsp3) is 0.462. The molecule has 0 aliphatic heterocycles. The maximum Gasteiger partial charge on any atom is 0.308 e. The van der Waals surface area contributed by atoms with Crippen LogP contribution in [0.25, 0.3) is 0 Å². The van der Waals surface area contributed by atoms with Gasteiger partial charge in [0.05, 0.1) is 15.3 Å². The Kier molecular flexibility index (Phi) is 6.07. The number of carbonyl (C=O) groups is 1. The monoisotopic (exact) mass is 362 g/mol. The van der Waals surface area contributed by atoms with Crippen molar-refractivity contribution in [2.75, 3.05) is 11.9 Å². The maximum absolute atomic E-state index is 13.5. The van der Waals surface area contributed by atoms with E-state index < -0.39 is 22.6 Å². The largest absolute Gasteiger partial charge is 0.481 e. The lowest BCUT2D eigenvalue weighted by atomic mass is 9.97. The molecule has 1 rings (SSSR count). The molecule has 0 amide bonds. The Labute approximate surface area is 129 Å². The molecule has 6 nitrogen and oxygen atoms in total. The normalized spacial score (nSPS) is 12.2. The van der Waals surface area contributed by atoms with Crippen LogP contribution in [0.1, 0.15) is 20.3 Å². The number of carboxylic acid groups (broad SMARTS) is 1. The third kappa shape index (κ3) is 4.96. The summed E-state index contributed by atoms with van der Waals surface area (Å²) < 4.78 is 13.5. The molecule has 0 saturated carbocycles. The zero-order valence-corrected chi connectivity index (χ0v) is 13.2. The van der Waals surface area contributed by atoms with Gasteiger partial charge < -0.3 is 10.4 Å². The summed E-state index contributed by atoms with van der Waals surface area (Å²) in [7, 11) is 0. The molecule has 0 radical (unpaired) electrons. The Balaban J connectivity index is 2.93. The number of nitrogens with zero attached hydrogens (tertiary/aromatic N) is 1. The Morgan fingerprint density at radius 3 is 2.62 bits per heavy atom. The van der Waals surface area contributed by atoms with Crippen LogP contribution in [0.5, 0.6) is 0 Å². The van der Waals surface area contributed by atoms with Gasteiger partial charge >= 0.3 is 5.97 Å². The molecule has 0 saturated heterocycles. The predicted octanol–water partition coefficient (Wildman–Crippen LogP) is 3.66. The third-order valence-corrected chi connectivity index (χ3v) is 3.49. The molecule has 1 unspecified atom stereocenters. The van der Waals surface area contributed by atoms with E-state index in [4.69, 9.17) is 5.11 Å². The number of rotatable bonds is 7. The molecule has 116 valence electrons. The lowest BCUT2D eigenvalue weighted by molar-refractivity contribution is -0.384. The number of hydrogen-bond acceptors (Lipinski definition) is 4. The summed E-state index contributed by atoms with van der Waals surface area (Å²) in [5, 5.41) is 22.7. The van der Waals surface area contributed by atoms with E-state index in [1.54, 1.807) is 0 Å². The highest BCUT2D eigenvalue weighted by Gasteiger charge is 2.22. The van der Waals surface area contributed by atoms with E-state index in [9.17, 15) is 19.3 Å². The second-order valence-corrected chi connectivity index (χ2v) is 5.94. The predicted molar refractivity (Wildman–Crippen MR) is 79.8 cm³/mol. The zero-order chi connectivity index (χ0) is 16.2. The number of nitrogens with one attached hydrogen (secondary N) is 1. The number of hydrogen-bond donors (Lipinski definition) is 2. The van der Waals surface area contributed by atoms with E-state index in [2.05, 4.69) is 21.2 Å². The van der Waals surface area contributed by atoms with Crippen LogP contribution in [0, 0.1) is 27.8 Å². The molecule has 0 aliphatic rings. The van der Waals surface area contributed by atoms with Crippen LogP contribution >= 0.6 is 15.9 Å². The van der Waals surface area contributed by atoms with Crippen LogP contribution in [0.4, 0.5) is 15.8 Å². The fourth-order valence-electron chi connectivity index (χ4n) is 1.90. The van der Waals surface area contributed by atoms with Gasteiger partial charge in [0, 0.05) is 18.7 Å². The second-order valence-electron chi connectivity index (χ2n) is 5.09. The van der Waals surface area contributed by atoms with Crippen molar-refractivity contribution < 1.29 is 19.2 Å². The van der Waals surface area contributed by atoms with E-state index >= 15 is 0 Å². The fourth-order valence-corrected chi connectivity index (χ4v) is 2.23. The molecule has 2 N–H and O–H groups in total. The highest BCUT2D eigenvalue weighted by Crippen LogP contribution is 2.31. The first-order chi connectivity index (χ1) is 9.72. The second kappa shape index (κ2) is 7.35. The molecule has 21 heavy (non-hydrogen) atoms. The van der Waals surface area contributed by atoms with Crippen LogP contribution in [0.15, 0.2) is 16.6 Å². The smallest absolute Gasteiger partial charge is 0.308 e. The van der Waals surface area contributed by atoms with Crippen molar-refractivity contribution in [3.63, 3.8) is 0 Å². The molecule has 8 heteroatoms. The summed E-state index contributed by atoms with van der Waals surface area (Å²) in [6.45, 7) is 3.77. The summed E-state index contributed by atoms with van der Waals surface area (Å²) in [5.74, 6) is -2.17. The molecular weight excluding hydrogens is 347 g/mol. The minimum Gasteiger partial charge on any atom is -0.481 e. The Bertz CT molecular complexity index is 551. The topological polar surface area (TPSA) is 92.5 Å². The van der Waals surface area contributed by atoms with Gasteiger partial charge in [-0.25, -0.2) is 4.39 Å². The minimum absolute atomic E-state index is 0.00454. The van der Waals surface area contributed by atoms with Crippen LogP contribution in [0.3, 0.4) is 0 Å². The van der Waals surface area contributed by atoms with Gasteiger partial charge in [-0.2, -0.15) is 0 Å². The van der Waals surface area contributed by atoms with E-state index in [-0.39, 0.29) is 28.3 Å². The average Bonchev–Trinajstić information content (AvgIpc) is 2.36. The van der Waals surface area contributed by atoms with Gasteiger partial charge in [0.1, 0.15) is 11.5 Å². The molecule has 0 heterocycles. The number of carboxylic acids is 1. The Morgan fingerprint density at radius 1 is 1.52 bits per heavy atom. The van der Waals surface area contributed by atoms with E-state index in [1.807, 2.05) is 13.8 Å². The van der Waals surface area contributed by atoms with Gasteiger partial charge in [-0.1, -0.05) is 13.8 Å². The highest BCUT2D eigenvalue weighted by atomic mass is 79.9. The van der Waals surface area contributed by atoms with Crippen molar-refractivity contribution in [1.82, 2.24) is 0 Å². The van der Waals surface area contributed by atoms with Gasteiger partial charge in [0.25, 0.3) is 5.69 Å². The van der Waals surface area contributed by atoms with Crippen molar-refractivity contribution in [2.45, 2.75) is 20.3 Å². The van der Waals surface area contributed by atoms with Crippen LogP contribution in [-0.2, 0) is 4.79 Å². The lowest BCUT2D eigenvalue weighted by Gasteiger charge is -2.16. The van der Waals surface area contributed by atoms with Crippen molar-refractivity contribution in [3.8, 4) is 0 Å². The van der Waals surface area contributed by atoms with Crippen molar-refractivity contribution in [2.24, 2.45) is 11.8 Å². The van der Waals surface area contributed by atoms with Crippen molar-refractivity contribution in [1.29, 1.82) is 0 Å². The summed E-state index contributed by atoms with van der Waals surface area (Å²) in [5.41, 5.74) is -0.340. The SMILES string of the molecule is CC(C)CC(CNc1cc(F)c(Br)cc1[N+](=O)[O-])C(=O)O. The number of anilines is 1. The maximum atomic E-state index is 13.5. The molecule has 0 bridgehead atoms. The van der Waals surface area contributed by atoms with Gasteiger partial charge in [-0.3, -0.25) is 14.9 Å². The van der Waals surface area contributed by atoms with E-state index in [0.29, 0.717) is 6.42 Å². The van der Waals surface area contributed by atoms with Gasteiger partial charge in [-0.15, -0.1) is 0 Å². The minimum atomic E-state index is -0.989. The summed E-state index contributed by atoms with van der Waals surface area (Å²) in [6, 6.07) is 2.03. The number of benzene rings is 1. The quantitative estimate of drug-likeness (QED) is 0.570. The summed E-state index contributed by atoms with van der Waals surface area (Å²) >= 11 is 2.88. The molecule has 1 atom stereocenters. The van der Waals surface area contributed by atoms with Crippen LogP contribution < -0.4 is 5.32 Å². The van der Waals surface area contributed by atoms with Gasteiger partial charge in [-0.05, 0) is 28.3 Å². The number of halogens is 2. The molecular formula is C13H16BrFN2O4. The first-order valence-corrected chi connectivity index (χ1v) is 7.11. The molecule has 0 aliphatic carbocycles. The molecule has 1 aromatic rings. The Morgan fingerprint density at radius 2 is 2.14 bits per heavy atom. The third-order valence-electron chi connectivity index (χ3n) is 2.88. The van der Waals surface area contributed by atoms with Crippen LogP contribution in [0.2, 0.25) is 0 Å². The zero-order valence-electron chi connectivity index (χ0n) is 11.6. The lowest BCUT2D eigenvalue weighted by Crippen LogP contribution is -2.24. The standard InChI is InChI=1S/C13H16BrFN2O4/c1-7(2)3-8(13(18)19)6-16-11-5-10(15)9(14)4-12(11)17(20)21/h4-5,7-8,16H,3,6H2,1-2H3,(H,18,19). The summed E-state index contributed by atoms with van der Waals surface area (Å²) in [6.07, 6.45) is 0.426. The van der Waals surface area contributed by atoms with Gasteiger partial charge in [0.2, 0.25) is 0 Å². The number of nitro groups is 1. The number of aliphatic carboxylic acids is 1. The molecule has 0 aromatic heterocycles. The summed E-state index contributed by atoms with van der Waals surface area (Å²) in [4.78, 5) is 21.4. The molecule has 0 fully saturated rings. The van der Waals surface area contributed by atoms with E-state index in [0.717, 1.165) is 12.1 Å². The molecule has 1 aromatic carbocycles. The van der Waals surface area contributed by atoms with Crippen LogP contribution in [-0.4, -0.2) is 22.5 Å². The van der Waals surface area contributed by atoms with Crippen molar-refractivity contribution >= 4 is 33.3 Å². The van der Waals surface area contributed by atoms with E-state index in [1.165, 1.54) is 0 Å². The first kappa shape index (κ1) is 17.4. The number of nitro benzene ring substituents is 1.